The molecule has 0 aliphatic rings. The number of hydrogen-bond donors (Lipinski definition) is 0. The van der Waals surface area contributed by atoms with Crippen molar-refractivity contribution >= 4 is 17.1 Å². The van der Waals surface area contributed by atoms with Crippen molar-refractivity contribution < 1.29 is 13.4 Å². The molecule has 0 radical (unpaired) electrons. The summed E-state index contributed by atoms with van der Waals surface area (Å²) in [7, 11) is -0.914. The van der Waals surface area contributed by atoms with Crippen molar-refractivity contribution in [2.45, 2.75) is 31.3 Å². The molecule has 0 N–H and O–H groups in total. The van der Waals surface area contributed by atoms with Crippen LogP contribution < -0.4 is 0 Å². The molecule has 78 valence electrons. The third-order valence-corrected chi connectivity index (χ3v) is 3.91. The quantitative estimate of drug-likeness (QED) is 0.705. The summed E-state index contributed by atoms with van der Waals surface area (Å²) in [5, 5.41) is 0.166. The van der Waals surface area contributed by atoms with Crippen molar-refractivity contribution in [3.8, 4) is 0 Å². The van der Waals surface area contributed by atoms with Crippen molar-refractivity contribution in [1.29, 1.82) is 0 Å². The van der Waals surface area contributed by atoms with E-state index in [1.54, 1.807) is 12.1 Å². The van der Waals surface area contributed by atoms with Gasteiger partial charge in [0.15, 0.2) is 12.0 Å². The molecule has 14 heavy (non-hydrogen) atoms. The maximum atomic E-state index is 11.6. The molecule has 0 aliphatic carbocycles. The first kappa shape index (κ1) is 11.2. The maximum absolute atomic E-state index is 11.6. The SMILES string of the molecule is CCC(C)S(=O)Cc1ccc(C=O)o1. The predicted molar refractivity (Wildman–Crippen MR) is 55.7 cm³/mol. The van der Waals surface area contributed by atoms with E-state index in [1.807, 2.05) is 13.8 Å². The lowest BCUT2D eigenvalue weighted by atomic mass is 10.4. The van der Waals surface area contributed by atoms with Gasteiger partial charge in [0, 0.05) is 16.0 Å². The average molecular weight is 214 g/mol. The van der Waals surface area contributed by atoms with Crippen LogP contribution in [0.4, 0.5) is 0 Å². The van der Waals surface area contributed by atoms with E-state index in [0.29, 0.717) is 23.6 Å². The summed E-state index contributed by atoms with van der Waals surface area (Å²) < 4.78 is 16.7. The standard InChI is InChI=1S/C10H14O3S/c1-3-8(2)14(12)7-10-5-4-9(6-11)13-10/h4-6,8H,3,7H2,1-2H3. The molecule has 1 rings (SSSR count). The van der Waals surface area contributed by atoms with Gasteiger partial charge in [-0.3, -0.25) is 9.00 Å². The molecule has 1 aromatic heterocycles. The van der Waals surface area contributed by atoms with Gasteiger partial charge in [-0.15, -0.1) is 0 Å². The van der Waals surface area contributed by atoms with Crippen LogP contribution in [0.15, 0.2) is 16.5 Å². The average Bonchev–Trinajstić information content (AvgIpc) is 2.64. The molecule has 1 aromatic rings. The first-order chi connectivity index (χ1) is 6.67. The van der Waals surface area contributed by atoms with Gasteiger partial charge in [-0.05, 0) is 18.6 Å². The molecule has 0 saturated carbocycles. The number of carbonyl (C=O) groups excluding carboxylic acids is 1. The summed E-state index contributed by atoms with van der Waals surface area (Å²) in [6.07, 6.45) is 1.53. The van der Waals surface area contributed by atoms with Gasteiger partial charge in [-0.2, -0.15) is 0 Å². The lowest BCUT2D eigenvalue weighted by molar-refractivity contribution is 0.109. The van der Waals surface area contributed by atoms with Crippen LogP contribution in [0.1, 0.15) is 36.6 Å². The minimum atomic E-state index is -0.914. The molecule has 0 aromatic carbocycles. The van der Waals surface area contributed by atoms with Crippen LogP contribution >= 0.6 is 0 Å². The molecule has 2 unspecified atom stereocenters. The smallest absolute Gasteiger partial charge is 0.185 e. The highest BCUT2D eigenvalue weighted by Gasteiger charge is 2.11. The van der Waals surface area contributed by atoms with E-state index in [0.717, 1.165) is 6.42 Å². The molecule has 4 heteroatoms. The molecule has 1 heterocycles. The van der Waals surface area contributed by atoms with Crippen LogP contribution in [0.25, 0.3) is 0 Å². The molecular formula is C10H14O3S. The molecule has 2 atom stereocenters. The Morgan fingerprint density at radius 2 is 2.29 bits per heavy atom. The van der Waals surface area contributed by atoms with Crippen LogP contribution in [0.2, 0.25) is 0 Å². The topological polar surface area (TPSA) is 47.3 Å². The zero-order valence-electron chi connectivity index (χ0n) is 8.36. The lowest BCUT2D eigenvalue weighted by Gasteiger charge is -2.06. The zero-order chi connectivity index (χ0) is 10.6. The fourth-order valence-electron chi connectivity index (χ4n) is 1.00. The van der Waals surface area contributed by atoms with Gasteiger partial charge in [-0.25, -0.2) is 0 Å². The Balaban J connectivity index is 2.60. The largest absolute Gasteiger partial charge is 0.457 e. The van der Waals surface area contributed by atoms with Crippen LogP contribution in [-0.2, 0) is 16.6 Å². The van der Waals surface area contributed by atoms with Gasteiger partial charge in [0.05, 0.1) is 5.75 Å². The third-order valence-electron chi connectivity index (χ3n) is 2.11. The van der Waals surface area contributed by atoms with E-state index in [9.17, 15) is 9.00 Å². The molecule has 0 saturated heterocycles. The van der Waals surface area contributed by atoms with Crippen LogP contribution in [0.5, 0.6) is 0 Å². The molecule has 0 spiro atoms. The Hall–Kier alpha value is -0.900. The normalized spacial score (nSPS) is 15.0. The first-order valence-corrected chi connectivity index (χ1v) is 5.96. The molecule has 0 amide bonds. The Morgan fingerprint density at radius 3 is 2.79 bits per heavy atom. The summed E-state index contributed by atoms with van der Waals surface area (Å²) >= 11 is 0. The molecule has 0 aliphatic heterocycles. The lowest BCUT2D eigenvalue weighted by Crippen LogP contribution is -2.10. The Morgan fingerprint density at radius 1 is 1.57 bits per heavy atom. The van der Waals surface area contributed by atoms with Crippen molar-refractivity contribution in [1.82, 2.24) is 0 Å². The summed E-state index contributed by atoms with van der Waals surface area (Å²) in [6, 6.07) is 3.29. The fourth-order valence-corrected chi connectivity index (χ4v) is 2.10. The molecule has 0 bridgehead atoms. The number of hydrogen-bond acceptors (Lipinski definition) is 3. The van der Waals surface area contributed by atoms with Gasteiger partial charge in [0.1, 0.15) is 5.76 Å². The van der Waals surface area contributed by atoms with E-state index in [1.165, 1.54) is 0 Å². The maximum Gasteiger partial charge on any atom is 0.185 e. The molecule has 0 fully saturated rings. The van der Waals surface area contributed by atoms with E-state index in [4.69, 9.17) is 4.42 Å². The van der Waals surface area contributed by atoms with E-state index in [2.05, 4.69) is 0 Å². The van der Waals surface area contributed by atoms with E-state index >= 15 is 0 Å². The first-order valence-electron chi connectivity index (χ1n) is 4.58. The van der Waals surface area contributed by atoms with Gasteiger partial charge in [0.2, 0.25) is 0 Å². The Bertz CT molecular complexity index is 330. The zero-order valence-corrected chi connectivity index (χ0v) is 9.17. The number of carbonyl (C=O) groups is 1. The molecule has 3 nitrogen and oxygen atoms in total. The van der Waals surface area contributed by atoms with Crippen molar-refractivity contribution in [2.24, 2.45) is 0 Å². The Kier molecular flexibility index (Phi) is 4.07. The van der Waals surface area contributed by atoms with Crippen LogP contribution in [0, 0.1) is 0 Å². The predicted octanol–water partition coefficient (Wildman–Crippen LogP) is 2.14. The second-order valence-corrected chi connectivity index (χ2v) is 5.02. The van der Waals surface area contributed by atoms with E-state index < -0.39 is 10.8 Å². The summed E-state index contributed by atoms with van der Waals surface area (Å²) in [5.41, 5.74) is 0. The highest BCUT2D eigenvalue weighted by molar-refractivity contribution is 7.84. The summed E-state index contributed by atoms with van der Waals surface area (Å²) in [6.45, 7) is 3.95. The van der Waals surface area contributed by atoms with Gasteiger partial charge in [-0.1, -0.05) is 13.8 Å². The van der Waals surface area contributed by atoms with E-state index in [-0.39, 0.29) is 5.25 Å². The van der Waals surface area contributed by atoms with Crippen LogP contribution in [-0.4, -0.2) is 15.7 Å². The highest BCUT2D eigenvalue weighted by Crippen LogP contribution is 2.12. The third kappa shape index (κ3) is 2.80. The summed E-state index contributed by atoms with van der Waals surface area (Å²) in [5.74, 6) is 1.30. The second kappa shape index (κ2) is 5.10. The van der Waals surface area contributed by atoms with Gasteiger partial charge in [0.25, 0.3) is 0 Å². The number of rotatable bonds is 5. The fraction of sp³-hybridized carbons (Fsp3) is 0.500. The van der Waals surface area contributed by atoms with Gasteiger partial charge < -0.3 is 4.42 Å². The van der Waals surface area contributed by atoms with Crippen molar-refractivity contribution in [3.63, 3.8) is 0 Å². The summed E-state index contributed by atoms with van der Waals surface area (Å²) in [4.78, 5) is 10.3. The second-order valence-electron chi connectivity index (χ2n) is 3.17. The number of aldehydes is 1. The minimum Gasteiger partial charge on any atom is -0.457 e. The highest BCUT2D eigenvalue weighted by atomic mass is 32.2. The minimum absolute atomic E-state index is 0.166. The molecular weight excluding hydrogens is 200 g/mol. The van der Waals surface area contributed by atoms with Crippen molar-refractivity contribution in [2.75, 3.05) is 0 Å². The monoisotopic (exact) mass is 214 g/mol. The van der Waals surface area contributed by atoms with Crippen molar-refractivity contribution in [3.05, 3.63) is 23.7 Å². The van der Waals surface area contributed by atoms with Gasteiger partial charge >= 0.3 is 0 Å². The van der Waals surface area contributed by atoms with Crippen LogP contribution in [0.3, 0.4) is 0 Å². The Labute approximate surface area is 86.0 Å². The number of furan rings is 1.